The van der Waals surface area contributed by atoms with Crippen LogP contribution >= 0.6 is 22.7 Å². The van der Waals surface area contributed by atoms with E-state index in [2.05, 4.69) is 10.8 Å². The topological polar surface area (TPSA) is 70.0 Å². The Morgan fingerprint density at radius 3 is 2.56 bits per heavy atom. The van der Waals surface area contributed by atoms with Gasteiger partial charge in [-0.15, -0.1) is 22.7 Å². The van der Waals surface area contributed by atoms with Crippen molar-refractivity contribution in [3.63, 3.8) is 0 Å². The molecule has 2 heterocycles. The summed E-state index contributed by atoms with van der Waals surface area (Å²) in [4.78, 5) is 2.60. The standard InChI is InChI=1S/C18H16N2O2S3/c1-3-14-7-9-18(24-14)25(21,22)20-16-10-13(5-4-12(16)2)17-8-6-15(11-19)23-17/h4-10,20H,3H2,1-2H3. The number of benzene rings is 1. The minimum Gasteiger partial charge on any atom is -0.279 e. The first-order chi connectivity index (χ1) is 11.9. The van der Waals surface area contributed by atoms with Crippen LogP contribution in [0.3, 0.4) is 0 Å². The summed E-state index contributed by atoms with van der Waals surface area (Å²) in [6.07, 6.45) is 0.814. The van der Waals surface area contributed by atoms with Gasteiger partial charge < -0.3 is 0 Å². The zero-order valence-corrected chi connectivity index (χ0v) is 16.2. The van der Waals surface area contributed by atoms with Crippen LogP contribution in [0.1, 0.15) is 22.2 Å². The van der Waals surface area contributed by atoms with Crippen LogP contribution in [0.4, 0.5) is 5.69 Å². The van der Waals surface area contributed by atoms with Crippen molar-refractivity contribution in [2.45, 2.75) is 24.5 Å². The zero-order valence-electron chi connectivity index (χ0n) is 13.7. The molecule has 0 saturated heterocycles. The predicted molar refractivity (Wildman–Crippen MR) is 104 cm³/mol. The quantitative estimate of drug-likeness (QED) is 0.667. The molecule has 1 aromatic carbocycles. The molecule has 3 aromatic rings. The first-order valence-corrected chi connectivity index (χ1v) is 10.8. The number of anilines is 1. The molecule has 0 spiro atoms. The largest absolute Gasteiger partial charge is 0.279 e. The Morgan fingerprint density at radius 1 is 1.12 bits per heavy atom. The molecule has 2 aromatic heterocycles. The smallest absolute Gasteiger partial charge is 0.271 e. The number of hydrogen-bond donors (Lipinski definition) is 1. The maximum Gasteiger partial charge on any atom is 0.271 e. The van der Waals surface area contributed by atoms with Gasteiger partial charge in [-0.25, -0.2) is 8.42 Å². The lowest BCUT2D eigenvalue weighted by Gasteiger charge is -2.11. The summed E-state index contributed by atoms with van der Waals surface area (Å²) in [5.74, 6) is 0. The summed E-state index contributed by atoms with van der Waals surface area (Å²) in [6, 6.07) is 14.9. The van der Waals surface area contributed by atoms with Crippen molar-refractivity contribution >= 4 is 38.4 Å². The first-order valence-electron chi connectivity index (χ1n) is 7.65. The average Bonchev–Trinajstić information content (AvgIpc) is 3.26. The number of nitrogens with one attached hydrogen (secondary N) is 1. The molecule has 0 radical (unpaired) electrons. The van der Waals surface area contributed by atoms with Gasteiger partial charge in [0.1, 0.15) is 15.2 Å². The molecule has 0 saturated carbocycles. The molecule has 128 valence electrons. The highest BCUT2D eigenvalue weighted by atomic mass is 32.2. The molecule has 1 N–H and O–H groups in total. The third kappa shape index (κ3) is 3.76. The fraction of sp³-hybridized carbons (Fsp3) is 0.167. The van der Waals surface area contributed by atoms with Gasteiger partial charge in [0.2, 0.25) is 0 Å². The van der Waals surface area contributed by atoms with Crippen molar-refractivity contribution < 1.29 is 8.42 Å². The van der Waals surface area contributed by atoms with Crippen LogP contribution in [-0.4, -0.2) is 8.42 Å². The summed E-state index contributed by atoms with van der Waals surface area (Å²) < 4.78 is 28.3. The Bertz CT molecular complexity index is 1060. The Morgan fingerprint density at radius 2 is 1.92 bits per heavy atom. The molecule has 25 heavy (non-hydrogen) atoms. The van der Waals surface area contributed by atoms with Crippen molar-refractivity contribution in [3.8, 4) is 16.5 Å². The van der Waals surface area contributed by atoms with Gasteiger partial charge in [0.05, 0.1) is 5.69 Å². The summed E-state index contributed by atoms with van der Waals surface area (Å²) in [5, 5.41) is 8.97. The maximum absolute atomic E-state index is 12.6. The van der Waals surface area contributed by atoms with E-state index in [-0.39, 0.29) is 0 Å². The highest BCUT2D eigenvalue weighted by Crippen LogP contribution is 2.32. The zero-order chi connectivity index (χ0) is 18.0. The summed E-state index contributed by atoms with van der Waals surface area (Å²) >= 11 is 2.67. The molecule has 0 aliphatic heterocycles. The SMILES string of the molecule is CCc1ccc(S(=O)(=O)Nc2cc(-c3ccc(C#N)s3)ccc2C)s1. The van der Waals surface area contributed by atoms with Crippen LogP contribution in [0.5, 0.6) is 0 Å². The fourth-order valence-electron chi connectivity index (χ4n) is 2.33. The van der Waals surface area contributed by atoms with E-state index in [1.54, 1.807) is 12.1 Å². The highest BCUT2D eigenvalue weighted by molar-refractivity contribution is 7.94. The maximum atomic E-state index is 12.6. The number of hydrogen-bond acceptors (Lipinski definition) is 5. The van der Waals surface area contributed by atoms with Gasteiger partial charge in [0.25, 0.3) is 10.0 Å². The third-order valence-corrected chi connectivity index (χ3v) is 7.86. The second kappa shape index (κ2) is 7.00. The molecule has 0 amide bonds. The summed E-state index contributed by atoms with van der Waals surface area (Å²) in [5.41, 5.74) is 2.28. The molecule has 0 atom stereocenters. The van der Waals surface area contributed by atoms with Crippen molar-refractivity contribution in [1.29, 1.82) is 5.26 Å². The Hall–Kier alpha value is -2.14. The van der Waals surface area contributed by atoms with Crippen LogP contribution in [-0.2, 0) is 16.4 Å². The summed E-state index contributed by atoms with van der Waals surface area (Å²) in [7, 11) is -3.60. The van der Waals surface area contributed by atoms with E-state index in [9.17, 15) is 8.42 Å². The molecule has 0 fully saturated rings. The van der Waals surface area contributed by atoms with Crippen LogP contribution < -0.4 is 4.72 Å². The molecule has 4 nitrogen and oxygen atoms in total. The van der Waals surface area contributed by atoms with E-state index in [4.69, 9.17) is 5.26 Å². The van der Waals surface area contributed by atoms with Crippen LogP contribution in [0, 0.1) is 18.3 Å². The van der Waals surface area contributed by atoms with E-state index in [0.717, 1.165) is 27.3 Å². The van der Waals surface area contributed by atoms with Crippen molar-refractivity contribution in [2.24, 2.45) is 0 Å². The lowest BCUT2D eigenvalue weighted by molar-refractivity contribution is 0.603. The normalized spacial score (nSPS) is 11.2. The monoisotopic (exact) mass is 388 g/mol. The molecule has 3 rings (SSSR count). The molecule has 0 unspecified atom stereocenters. The van der Waals surface area contributed by atoms with Gasteiger partial charge in [-0.1, -0.05) is 19.1 Å². The number of nitriles is 1. The molecular weight excluding hydrogens is 372 g/mol. The van der Waals surface area contributed by atoms with Crippen molar-refractivity contribution in [3.05, 3.63) is 57.8 Å². The third-order valence-electron chi connectivity index (χ3n) is 3.73. The van der Waals surface area contributed by atoms with Crippen LogP contribution in [0.25, 0.3) is 10.4 Å². The van der Waals surface area contributed by atoms with Gasteiger partial charge in [0, 0.05) is 9.75 Å². The first kappa shape index (κ1) is 17.7. The number of nitrogens with zero attached hydrogens (tertiary/aromatic N) is 1. The number of sulfonamides is 1. The van der Waals surface area contributed by atoms with E-state index in [1.165, 1.54) is 22.7 Å². The van der Waals surface area contributed by atoms with Gasteiger partial charge >= 0.3 is 0 Å². The molecule has 7 heteroatoms. The Balaban J connectivity index is 1.94. The highest BCUT2D eigenvalue weighted by Gasteiger charge is 2.18. The minimum atomic E-state index is -3.60. The summed E-state index contributed by atoms with van der Waals surface area (Å²) in [6.45, 7) is 3.86. The lowest BCUT2D eigenvalue weighted by Crippen LogP contribution is -2.12. The number of rotatable bonds is 5. The van der Waals surface area contributed by atoms with E-state index in [0.29, 0.717) is 14.8 Å². The van der Waals surface area contributed by atoms with E-state index in [1.807, 2.05) is 44.2 Å². The molecule has 0 bridgehead atoms. The fourth-order valence-corrected chi connectivity index (χ4v) is 5.54. The van der Waals surface area contributed by atoms with E-state index < -0.39 is 10.0 Å². The van der Waals surface area contributed by atoms with Gasteiger partial charge in [-0.3, -0.25) is 4.72 Å². The minimum absolute atomic E-state index is 0.317. The molecule has 0 aliphatic carbocycles. The number of thiophene rings is 2. The van der Waals surface area contributed by atoms with Crippen molar-refractivity contribution in [2.75, 3.05) is 4.72 Å². The number of aryl methyl sites for hydroxylation is 2. The van der Waals surface area contributed by atoms with Gasteiger partial charge in [-0.2, -0.15) is 5.26 Å². The predicted octanol–water partition coefficient (Wildman–Crippen LogP) is 5.02. The average molecular weight is 389 g/mol. The Labute approximate surface area is 155 Å². The lowest BCUT2D eigenvalue weighted by atomic mass is 10.1. The molecular formula is C18H16N2O2S3. The Kier molecular flexibility index (Phi) is 4.95. The second-order valence-corrected chi connectivity index (χ2v) is 9.65. The van der Waals surface area contributed by atoms with Gasteiger partial charge in [0.15, 0.2) is 0 Å². The second-order valence-electron chi connectivity index (χ2n) is 5.49. The van der Waals surface area contributed by atoms with Crippen LogP contribution in [0.2, 0.25) is 0 Å². The van der Waals surface area contributed by atoms with Gasteiger partial charge in [-0.05, 0) is 54.8 Å². The van der Waals surface area contributed by atoms with E-state index >= 15 is 0 Å². The van der Waals surface area contributed by atoms with Crippen molar-refractivity contribution in [1.82, 2.24) is 0 Å². The van der Waals surface area contributed by atoms with Crippen LogP contribution in [0.15, 0.2) is 46.7 Å². The molecule has 0 aliphatic rings.